The summed E-state index contributed by atoms with van der Waals surface area (Å²) in [5, 5.41) is 13.6. The van der Waals surface area contributed by atoms with Crippen LogP contribution in [0.15, 0.2) is 42.5 Å². The molecule has 0 atom stereocenters. The summed E-state index contributed by atoms with van der Waals surface area (Å²) in [6.07, 6.45) is -4.60. The first kappa shape index (κ1) is 20.6. The number of aromatic nitrogens is 2. The third kappa shape index (κ3) is 4.47. The zero-order valence-electron chi connectivity index (χ0n) is 15.7. The van der Waals surface area contributed by atoms with Gasteiger partial charge < -0.3 is 5.11 Å². The van der Waals surface area contributed by atoms with E-state index in [0.29, 0.717) is 29.6 Å². The Bertz CT molecular complexity index is 1070. The lowest BCUT2D eigenvalue weighted by Gasteiger charge is -2.08. The molecular weight excluding hydrogens is 388 g/mol. The topological polar surface area (TPSA) is 55.1 Å². The van der Waals surface area contributed by atoms with Gasteiger partial charge in [0.05, 0.1) is 22.5 Å². The molecule has 0 saturated heterocycles. The lowest BCUT2D eigenvalue weighted by molar-refractivity contribution is -0.137. The molecule has 0 aliphatic carbocycles. The maximum atomic E-state index is 13.7. The number of aryl methyl sites for hydroxylation is 2. The zero-order chi connectivity index (χ0) is 21.3. The van der Waals surface area contributed by atoms with Crippen molar-refractivity contribution in [3.8, 4) is 11.3 Å². The molecule has 0 radical (unpaired) electrons. The highest BCUT2D eigenvalue weighted by atomic mass is 19.4. The van der Waals surface area contributed by atoms with E-state index in [1.54, 1.807) is 29.8 Å². The van der Waals surface area contributed by atoms with Crippen molar-refractivity contribution in [2.24, 2.45) is 0 Å². The SMILES string of the molecule is CCn1nc(Cc2cc(F)cc(C(F)(F)F)c2)cc1-c1ccc(C(=O)O)c(C)c1. The van der Waals surface area contributed by atoms with Gasteiger partial charge >= 0.3 is 12.1 Å². The Balaban J connectivity index is 1.96. The van der Waals surface area contributed by atoms with Gasteiger partial charge in [0, 0.05) is 18.5 Å². The number of carbonyl (C=O) groups is 1. The minimum absolute atomic E-state index is 0.0348. The van der Waals surface area contributed by atoms with Crippen LogP contribution >= 0.6 is 0 Å². The molecule has 1 heterocycles. The molecular formula is C21H18F4N2O2. The molecule has 0 spiro atoms. The van der Waals surface area contributed by atoms with Gasteiger partial charge in [0.15, 0.2) is 0 Å². The van der Waals surface area contributed by atoms with Crippen molar-refractivity contribution in [2.45, 2.75) is 33.0 Å². The van der Waals surface area contributed by atoms with Gasteiger partial charge in [0.2, 0.25) is 0 Å². The fourth-order valence-corrected chi connectivity index (χ4v) is 3.22. The molecule has 8 heteroatoms. The van der Waals surface area contributed by atoms with Crippen LogP contribution in [0.2, 0.25) is 0 Å². The maximum Gasteiger partial charge on any atom is 0.416 e. The maximum absolute atomic E-state index is 13.7. The Kier molecular flexibility index (Phi) is 5.46. The number of aromatic carboxylic acids is 1. The summed E-state index contributed by atoms with van der Waals surface area (Å²) in [7, 11) is 0. The summed E-state index contributed by atoms with van der Waals surface area (Å²) in [6.45, 7) is 4.06. The van der Waals surface area contributed by atoms with Gasteiger partial charge in [-0.15, -0.1) is 0 Å². The third-order valence-corrected chi connectivity index (χ3v) is 4.55. The van der Waals surface area contributed by atoms with Gasteiger partial charge in [-0.05, 0) is 61.4 Å². The molecule has 3 rings (SSSR count). The number of hydrogen-bond acceptors (Lipinski definition) is 2. The Morgan fingerprint density at radius 2 is 1.86 bits per heavy atom. The lowest BCUT2D eigenvalue weighted by Crippen LogP contribution is -2.07. The molecule has 0 aliphatic heterocycles. The number of carboxylic acids is 1. The molecule has 0 unspecified atom stereocenters. The second kappa shape index (κ2) is 7.69. The second-order valence-electron chi connectivity index (χ2n) is 6.69. The van der Waals surface area contributed by atoms with Crippen LogP contribution in [0, 0.1) is 12.7 Å². The Morgan fingerprint density at radius 3 is 2.45 bits per heavy atom. The van der Waals surface area contributed by atoms with Crippen LogP contribution < -0.4 is 0 Å². The van der Waals surface area contributed by atoms with Crippen LogP contribution in [-0.4, -0.2) is 20.9 Å². The molecule has 152 valence electrons. The number of hydrogen-bond donors (Lipinski definition) is 1. The van der Waals surface area contributed by atoms with Crippen molar-refractivity contribution in [2.75, 3.05) is 0 Å². The van der Waals surface area contributed by atoms with Gasteiger partial charge in [-0.2, -0.15) is 18.3 Å². The average molecular weight is 406 g/mol. The van der Waals surface area contributed by atoms with E-state index in [1.165, 1.54) is 6.07 Å². The van der Waals surface area contributed by atoms with Crippen LogP contribution in [0.5, 0.6) is 0 Å². The van der Waals surface area contributed by atoms with Gasteiger partial charge in [0.25, 0.3) is 0 Å². The molecule has 0 fully saturated rings. The summed E-state index contributed by atoms with van der Waals surface area (Å²) in [5.74, 6) is -1.98. The smallest absolute Gasteiger partial charge is 0.416 e. The molecule has 0 bridgehead atoms. The van der Waals surface area contributed by atoms with Gasteiger partial charge in [0.1, 0.15) is 5.82 Å². The van der Waals surface area contributed by atoms with E-state index >= 15 is 0 Å². The summed E-state index contributed by atoms with van der Waals surface area (Å²) < 4.78 is 54.1. The van der Waals surface area contributed by atoms with E-state index < -0.39 is 23.5 Å². The number of benzene rings is 2. The van der Waals surface area contributed by atoms with E-state index in [1.807, 2.05) is 6.92 Å². The third-order valence-electron chi connectivity index (χ3n) is 4.55. The van der Waals surface area contributed by atoms with E-state index in [2.05, 4.69) is 5.10 Å². The highest BCUT2D eigenvalue weighted by molar-refractivity contribution is 5.90. The quantitative estimate of drug-likeness (QED) is 0.583. The number of rotatable bonds is 5. The largest absolute Gasteiger partial charge is 0.478 e. The molecule has 0 amide bonds. The van der Waals surface area contributed by atoms with E-state index in [0.717, 1.165) is 17.7 Å². The van der Waals surface area contributed by atoms with Crippen molar-refractivity contribution >= 4 is 5.97 Å². The van der Waals surface area contributed by atoms with Crippen LogP contribution in [-0.2, 0) is 19.1 Å². The van der Waals surface area contributed by atoms with Gasteiger partial charge in [-0.1, -0.05) is 6.07 Å². The summed E-state index contributed by atoms with van der Waals surface area (Å²) in [4.78, 5) is 11.2. The van der Waals surface area contributed by atoms with E-state index in [4.69, 9.17) is 5.11 Å². The predicted molar refractivity (Wildman–Crippen MR) is 99.2 cm³/mol. The van der Waals surface area contributed by atoms with Gasteiger partial charge in [-0.3, -0.25) is 4.68 Å². The summed E-state index contributed by atoms with van der Waals surface area (Å²) >= 11 is 0. The normalized spacial score (nSPS) is 11.7. The molecule has 29 heavy (non-hydrogen) atoms. The number of nitrogens with zero attached hydrogens (tertiary/aromatic N) is 2. The van der Waals surface area contributed by atoms with Gasteiger partial charge in [-0.25, -0.2) is 9.18 Å². The highest BCUT2D eigenvalue weighted by Gasteiger charge is 2.31. The molecule has 2 aromatic carbocycles. The summed E-state index contributed by atoms with van der Waals surface area (Å²) in [5.41, 5.74) is 1.83. The van der Waals surface area contributed by atoms with Crippen LogP contribution in [0.3, 0.4) is 0 Å². The number of carboxylic acid groups (broad SMARTS) is 1. The minimum atomic E-state index is -4.63. The highest BCUT2D eigenvalue weighted by Crippen LogP contribution is 2.31. The minimum Gasteiger partial charge on any atom is -0.478 e. The van der Waals surface area contributed by atoms with Crippen LogP contribution in [0.25, 0.3) is 11.3 Å². The average Bonchev–Trinajstić information content (AvgIpc) is 3.03. The predicted octanol–water partition coefficient (Wildman–Crippen LogP) is 5.33. The number of alkyl halides is 3. The Morgan fingerprint density at radius 1 is 1.14 bits per heavy atom. The van der Waals surface area contributed by atoms with Crippen molar-refractivity contribution in [1.29, 1.82) is 0 Å². The zero-order valence-corrected chi connectivity index (χ0v) is 15.7. The first-order chi connectivity index (χ1) is 13.6. The first-order valence-electron chi connectivity index (χ1n) is 8.86. The summed E-state index contributed by atoms with van der Waals surface area (Å²) in [6, 6.07) is 9.05. The Labute approximate surface area is 164 Å². The lowest BCUT2D eigenvalue weighted by atomic mass is 10.0. The van der Waals surface area contributed by atoms with Crippen molar-refractivity contribution in [3.63, 3.8) is 0 Å². The van der Waals surface area contributed by atoms with Crippen LogP contribution in [0.1, 0.15) is 39.7 Å². The first-order valence-corrected chi connectivity index (χ1v) is 8.86. The molecule has 1 N–H and O–H groups in total. The molecule has 0 saturated carbocycles. The van der Waals surface area contributed by atoms with E-state index in [-0.39, 0.29) is 17.5 Å². The van der Waals surface area contributed by atoms with E-state index in [9.17, 15) is 22.4 Å². The van der Waals surface area contributed by atoms with Crippen LogP contribution in [0.4, 0.5) is 17.6 Å². The molecule has 4 nitrogen and oxygen atoms in total. The van der Waals surface area contributed by atoms with Crippen molar-refractivity contribution in [1.82, 2.24) is 9.78 Å². The molecule has 1 aromatic heterocycles. The monoisotopic (exact) mass is 406 g/mol. The fraction of sp³-hybridized carbons (Fsp3) is 0.238. The molecule has 3 aromatic rings. The number of halogens is 4. The Hall–Kier alpha value is -3.16. The van der Waals surface area contributed by atoms with Crippen molar-refractivity contribution < 1.29 is 27.5 Å². The molecule has 0 aliphatic rings. The standard InChI is InChI=1S/C21H18F4N2O2/c1-3-27-19(14-4-5-18(20(28)29)12(2)6-14)11-17(26-27)9-13-7-15(21(23,24)25)10-16(22)8-13/h4-8,10-11H,3,9H2,1-2H3,(H,28,29). The fourth-order valence-electron chi connectivity index (χ4n) is 3.22. The second-order valence-corrected chi connectivity index (χ2v) is 6.69. The van der Waals surface area contributed by atoms with Crippen molar-refractivity contribution in [3.05, 3.63) is 76.2 Å².